The fourth-order valence-electron chi connectivity index (χ4n) is 3.49. The topological polar surface area (TPSA) is 33.7 Å². The number of rotatable bonds is 5. The van der Waals surface area contributed by atoms with Gasteiger partial charge in [-0.3, -0.25) is 4.90 Å². The number of nitrogens with one attached hydrogen (secondary N) is 1. The summed E-state index contributed by atoms with van der Waals surface area (Å²) < 4.78 is 85.8. The van der Waals surface area contributed by atoms with Crippen LogP contribution in [0.1, 0.15) is 22.7 Å². The lowest BCUT2D eigenvalue weighted by Crippen LogP contribution is -2.45. The van der Waals surface area contributed by atoms with Crippen molar-refractivity contribution in [2.75, 3.05) is 33.3 Å². The van der Waals surface area contributed by atoms with Gasteiger partial charge in [0.05, 0.1) is 18.7 Å². The molecular formula is C20H22Cl2F6N2O2. The van der Waals surface area contributed by atoms with E-state index >= 15 is 0 Å². The first kappa shape index (κ1) is 28.2. The van der Waals surface area contributed by atoms with Gasteiger partial charge in [0.25, 0.3) is 0 Å². The molecule has 1 aliphatic rings. The van der Waals surface area contributed by atoms with E-state index in [4.69, 9.17) is 4.74 Å². The predicted molar refractivity (Wildman–Crippen MR) is 112 cm³/mol. The molecule has 1 saturated heterocycles. The summed E-state index contributed by atoms with van der Waals surface area (Å²) in [6, 6.07) is 8.11. The quantitative estimate of drug-likeness (QED) is 0.546. The van der Waals surface area contributed by atoms with Crippen molar-refractivity contribution >= 4 is 24.8 Å². The van der Waals surface area contributed by atoms with Crippen LogP contribution >= 0.6 is 24.8 Å². The lowest BCUT2D eigenvalue weighted by atomic mass is 9.94. The molecule has 2 aromatic rings. The number of alkyl halides is 6. The summed E-state index contributed by atoms with van der Waals surface area (Å²) in [6.45, 7) is 2.56. The van der Waals surface area contributed by atoms with E-state index in [0.29, 0.717) is 37.3 Å². The summed E-state index contributed by atoms with van der Waals surface area (Å²) in [5, 5.41) is 3.20. The van der Waals surface area contributed by atoms with Crippen LogP contribution in [-0.4, -0.2) is 44.6 Å². The van der Waals surface area contributed by atoms with Crippen molar-refractivity contribution in [1.29, 1.82) is 0 Å². The van der Waals surface area contributed by atoms with Gasteiger partial charge in [-0.1, -0.05) is 18.2 Å². The third-order valence-electron chi connectivity index (χ3n) is 4.80. The van der Waals surface area contributed by atoms with Crippen molar-refractivity contribution in [2.24, 2.45) is 0 Å². The van der Waals surface area contributed by atoms with Crippen molar-refractivity contribution in [1.82, 2.24) is 10.2 Å². The Morgan fingerprint density at radius 1 is 0.906 bits per heavy atom. The number of piperazine rings is 1. The molecular weight excluding hydrogens is 485 g/mol. The molecule has 0 aromatic heterocycles. The molecule has 0 spiro atoms. The van der Waals surface area contributed by atoms with Crippen LogP contribution in [0.3, 0.4) is 0 Å². The molecule has 3 rings (SSSR count). The molecule has 12 heteroatoms. The van der Waals surface area contributed by atoms with Gasteiger partial charge in [0.15, 0.2) is 0 Å². The normalized spacial score (nSPS) is 15.8. The Kier molecular flexibility index (Phi) is 9.95. The van der Waals surface area contributed by atoms with Crippen LogP contribution in [0, 0.1) is 0 Å². The zero-order valence-corrected chi connectivity index (χ0v) is 18.4. The summed E-state index contributed by atoms with van der Waals surface area (Å²) in [7, 11) is 1.29. The molecule has 1 aliphatic heterocycles. The third kappa shape index (κ3) is 7.06. The van der Waals surface area contributed by atoms with Crippen LogP contribution in [0.15, 0.2) is 42.5 Å². The molecule has 4 nitrogen and oxygen atoms in total. The first-order valence-electron chi connectivity index (χ1n) is 9.14. The van der Waals surface area contributed by atoms with Crippen molar-refractivity contribution in [2.45, 2.75) is 18.6 Å². The smallest absolute Gasteiger partial charge is 0.496 e. The Balaban J connectivity index is 0.00000256. The number of hydrogen-bond donors (Lipinski definition) is 1. The molecule has 1 N–H and O–H groups in total. The van der Waals surface area contributed by atoms with Crippen LogP contribution < -0.4 is 14.8 Å². The van der Waals surface area contributed by atoms with Crippen LogP contribution in [0.4, 0.5) is 26.3 Å². The highest BCUT2D eigenvalue weighted by atomic mass is 35.5. The minimum atomic E-state index is -4.81. The van der Waals surface area contributed by atoms with Crippen LogP contribution in [0.2, 0.25) is 0 Å². The van der Waals surface area contributed by atoms with E-state index in [-0.39, 0.29) is 36.3 Å². The van der Waals surface area contributed by atoms with Crippen LogP contribution in [-0.2, 0) is 6.18 Å². The molecule has 2 aromatic carbocycles. The summed E-state index contributed by atoms with van der Waals surface area (Å²) in [5.41, 5.74) is 0.275. The highest BCUT2D eigenvalue weighted by Crippen LogP contribution is 2.39. The lowest BCUT2D eigenvalue weighted by molar-refractivity contribution is -0.274. The largest absolute Gasteiger partial charge is 0.573 e. The van der Waals surface area contributed by atoms with Gasteiger partial charge in [0.1, 0.15) is 11.5 Å². The number of benzene rings is 2. The maximum Gasteiger partial charge on any atom is 0.573 e. The van der Waals surface area contributed by atoms with Gasteiger partial charge in [-0.15, -0.1) is 38.0 Å². The third-order valence-corrected chi connectivity index (χ3v) is 4.80. The van der Waals surface area contributed by atoms with E-state index in [1.807, 2.05) is 4.90 Å². The average molecular weight is 507 g/mol. The minimum absolute atomic E-state index is 0. The standard InChI is InChI=1S/C20H20F6N2O2.2ClH/c1-29-17-12-14(19(21,22)23)4-7-16(17)18(28-10-8-27-9-11-28)13-2-5-15(6-3-13)30-20(24,25)26;;/h2-7,12,18,27H,8-11H2,1H3;2*1H/t18-;;/m0../s1. The molecule has 1 atom stereocenters. The molecule has 1 fully saturated rings. The van der Waals surface area contributed by atoms with Gasteiger partial charge in [-0.2, -0.15) is 13.2 Å². The monoisotopic (exact) mass is 506 g/mol. The van der Waals surface area contributed by atoms with E-state index in [0.717, 1.165) is 12.1 Å². The summed E-state index contributed by atoms with van der Waals surface area (Å²) in [5.74, 6) is -0.311. The summed E-state index contributed by atoms with van der Waals surface area (Å²) in [4.78, 5) is 2.04. The maximum absolute atomic E-state index is 13.1. The van der Waals surface area contributed by atoms with Crippen molar-refractivity contribution in [3.05, 3.63) is 59.2 Å². The lowest BCUT2D eigenvalue weighted by Gasteiger charge is -2.36. The Bertz CT molecular complexity index is 857. The zero-order chi connectivity index (χ0) is 21.9. The van der Waals surface area contributed by atoms with Crippen LogP contribution in [0.5, 0.6) is 11.5 Å². The Morgan fingerprint density at radius 3 is 2.00 bits per heavy atom. The predicted octanol–water partition coefficient (Wildman–Crippen LogP) is 5.45. The van der Waals surface area contributed by atoms with E-state index in [9.17, 15) is 26.3 Å². The Labute approximate surface area is 193 Å². The first-order chi connectivity index (χ1) is 14.1. The molecule has 0 aliphatic carbocycles. The van der Waals surface area contributed by atoms with Gasteiger partial charge in [0, 0.05) is 31.7 Å². The van der Waals surface area contributed by atoms with Crippen molar-refractivity contribution in [3.8, 4) is 11.5 Å². The average Bonchev–Trinajstić information content (AvgIpc) is 2.68. The first-order valence-corrected chi connectivity index (χ1v) is 9.14. The van der Waals surface area contributed by atoms with Gasteiger partial charge >= 0.3 is 12.5 Å². The molecule has 32 heavy (non-hydrogen) atoms. The molecule has 180 valence electrons. The molecule has 0 unspecified atom stereocenters. The Morgan fingerprint density at radius 2 is 1.50 bits per heavy atom. The second-order valence-electron chi connectivity index (χ2n) is 6.76. The highest BCUT2D eigenvalue weighted by Gasteiger charge is 2.34. The number of ether oxygens (including phenoxy) is 2. The number of halogens is 8. The number of methoxy groups -OCH3 is 1. The number of hydrogen-bond acceptors (Lipinski definition) is 4. The second kappa shape index (κ2) is 11.3. The second-order valence-corrected chi connectivity index (χ2v) is 6.76. The van der Waals surface area contributed by atoms with E-state index in [1.165, 1.54) is 37.4 Å². The van der Waals surface area contributed by atoms with Crippen LogP contribution in [0.25, 0.3) is 0 Å². The minimum Gasteiger partial charge on any atom is -0.496 e. The van der Waals surface area contributed by atoms with E-state index in [2.05, 4.69) is 10.1 Å². The highest BCUT2D eigenvalue weighted by molar-refractivity contribution is 5.85. The summed E-state index contributed by atoms with van der Waals surface area (Å²) in [6.07, 6.45) is -9.33. The van der Waals surface area contributed by atoms with E-state index in [1.54, 1.807) is 0 Å². The van der Waals surface area contributed by atoms with Gasteiger partial charge < -0.3 is 14.8 Å². The molecule has 0 radical (unpaired) electrons. The fraction of sp³-hybridized carbons (Fsp3) is 0.400. The Hall–Kier alpha value is -1.88. The summed E-state index contributed by atoms with van der Waals surface area (Å²) >= 11 is 0. The van der Waals surface area contributed by atoms with Gasteiger partial charge in [-0.05, 0) is 29.8 Å². The maximum atomic E-state index is 13.1. The van der Waals surface area contributed by atoms with Crippen molar-refractivity contribution < 1.29 is 35.8 Å². The zero-order valence-electron chi connectivity index (χ0n) is 16.8. The van der Waals surface area contributed by atoms with Crippen molar-refractivity contribution in [3.63, 3.8) is 0 Å². The SMILES string of the molecule is COc1cc(C(F)(F)F)ccc1[C@H](c1ccc(OC(F)(F)F)cc1)N1CCNCC1.Cl.Cl. The van der Waals surface area contributed by atoms with Gasteiger partial charge in [0.2, 0.25) is 0 Å². The fourth-order valence-corrected chi connectivity index (χ4v) is 3.49. The van der Waals surface area contributed by atoms with E-state index < -0.39 is 24.1 Å². The number of nitrogens with zero attached hydrogens (tertiary/aromatic N) is 1. The molecule has 0 amide bonds. The molecule has 0 bridgehead atoms. The van der Waals surface area contributed by atoms with Gasteiger partial charge in [-0.25, -0.2) is 0 Å². The molecule has 1 heterocycles. The molecule has 0 saturated carbocycles.